The number of rotatable bonds is 2. The summed E-state index contributed by atoms with van der Waals surface area (Å²) in [4.78, 5) is 0. The smallest absolute Gasteiger partial charge is 0.0356 e. The van der Waals surface area contributed by atoms with E-state index < -0.39 is 0 Å². The van der Waals surface area contributed by atoms with Gasteiger partial charge < -0.3 is 5.32 Å². The number of halogens is 1. The molecule has 0 aromatic heterocycles. The molecule has 0 spiro atoms. The molecule has 1 N–H and O–H groups in total. The van der Waals surface area contributed by atoms with Crippen LogP contribution in [0.2, 0.25) is 0 Å². The van der Waals surface area contributed by atoms with E-state index in [1.54, 1.807) is 0 Å². The van der Waals surface area contributed by atoms with Gasteiger partial charge in [0.15, 0.2) is 0 Å². The van der Waals surface area contributed by atoms with Gasteiger partial charge in [0.1, 0.15) is 0 Å². The number of nitrogens with one attached hydrogen (secondary N) is 1. The van der Waals surface area contributed by atoms with Gasteiger partial charge in [-0.1, -0.05) is 36.7 Å². The highest BCUT2D eigenvalue weighted by Gasteiger charge is 2.31. The molecule has 1 aromatic rings. The highest BCUT2D eigenvalue weighted by Crippen LogP contribution is 2.39. The molecule has 100 valence electrons. The van der Waals surface area contributed by atoms with E-state index in [-0.39, 0.29) is 0 Å². The molecule has 2 heteroatoms. The van der Waals surface area contributed by atoms with Crippen molar-refractivity contribution in [2.45, 2.75) is 53.0 Å². The Morgan fingerprint density at radius 2 is 1.94 bits per heavy atom. The van der Waals surface area contributed by atoms with Gasteiger partial charge in [-0.25, -0.2) is 0 Å². The summed E-state index contributed by atoms with van der Waals surface area (Å²) in [6.07, 6.45) is 3.90. The molecule has 0 saturated heterocycles. The van der Waals surface area contributed by atoms with Crippen LogP contribution in [0.3, 0.4) is 0 Å². The molecular formula is C16H24BrN. The third-order valence-electron chi connectivity index (χ3n) is 3.80. The molecule has 0 heterocycles. The first kappa shape index (κ1) is 13.9. The highest BCUT2D eigenvalue weighted by atomic mass is 79.9. The molecule has 1 aliphatic rings. The second-order valence-corrected chi connectivity index (χ2v) is 7.69. The summed E-state index contributed by atoms with van der Waals surface area (Å²) in [5.74, 6) is 0.819. The van der Waals surface area contributed by atoms with Crippen LogP contribution in [0.5, 0.6) is 0 Å². The van der Waals surface area contributed by atoms with Crippen molar-refractivity contribution < 1.29 is 0 Å². The van der Waals surface area contributed by atoms with E-state index in [1.165, 1.54) is 30.5 Å². The molecular weight excluding hydrogens is 286 g/mol. The largest absolute Gasteiger partial charge is 0.382 e. The van der Waals surface area contributed by atoms with Gasteiger partial charge in [0.2, 0.25) is 0 Å². The van der Waals surface area contributed by atoms with Crippen LogP contribution >= 0.6 is 15.9 Å². The zero-order chi connectivity index (χ0) is 13.3. The van der Waals surface area contributed by atoms with Crippen LogP contribution in [0, 0.1) is 18.3 Å². The van der Waals surface area contributed by atoms with Crippen LogP contribution in [0.25, 0.3) is 0 Å². The molecule has 1 aliphatic carbocycles. The Morgan fingerprint density at radius 1 is 1.22 bits per heavy atom. The predicted octanol–water partition coefficient (Wildman–Crippen LogP) is 5.38. The van der Waals surface area contributed by atoms with E-state index in [2.05, 4.69) is 67.1 Å². The average molecular weight is 310 g/mol. The first-order valence-electron chi connectivity index (χ1n) is 6.88. The van der Waals surface area contributed by atoms with Crippen molar-refractivity contribution in [1.82, 2.24) is 0 Å². The van der Waals surface area contributed by atoms with Crippen LogP contribution < -0.4 is 5.32 Å². The maximum Gasteiger partial charge on any atom is 0.0356 e. The summed E-state index contributed by atoms with van der Waals surface area (Å²) in [7, 11) is 0. The lowest BCUT2D eigenvalue weighted by molar-refractivity contribution is 0.178. The molecule has 1 saturated carbocycles. The topological polar surface area (TPSA) is 12.0 Å². The Kier molecular flexibility index (Phi) is 4.05. The van der Waals surface area contributed by atoms with Crippen LogP contribution in [0.1, 0.15) is 45.6 Å². The molecule has 1 nitrogen and oxygen atoms in total. The lowest BCUT2D eigenvalue weighted by Crippen LogP contribution is -2.35. The van der Waals surface area contributed by atoms with E-state index in [4.69, 9.17) is 0 Å². The molecule has 2 atom stereocenters. The van der Waals surface area contributed by atoms with Gasteiger partial charge in [-0.2, -0.15) is 0 Å². The standard InChI is InChI=1S/C16H24BrN/c1-11-5-13(17)8-14(6-11)18-15-7-12(2)9-16(3,4)10-15/h5-6,8,12,15,18H,7,9-10H2,1-4H3. The number of aryl methyl sites for hydroxylation is 1. The Labute approximate surface area is 119 Å². The fraction of sp³-hybridized carbons (Fsp3) is 0.625. The molecule has 1 aromatic carbocycles. The number of hydrogen-bond acceptors (Lipinski definition) is 1. The maximum absolute atomic E-state index is 3.72. The summed E-state index contributed by atoms with van der Waals surface area (Å²) in [6.45, 7) is 9.30. The van der Waals surface area contributed by atoms with E-state index in [0.29, 0.717) is 11.5 Å². The van der Waals surface area contributed by atoms with Gasteiger partial charge in [0.05, 0.1) is 0 Å². The Bertz CT molecular complexity index is 405. The molecule has 0 amide bonds. The highest BCUT2D eigenvalue weighted by molar-refractivity contribution is 9.10. The van der Waals surface area contributed by atoms with Crippen molar-refractivity contribution in [3.8, 4) is 0 Å². The van der Waals surface area contributed by atoms with E-state index >= 15 is 0 Å². The first-order valence-corrected chi connectivity index (χ1v) is 7.67. The normalized spacial score (nSPS) is 26.9. The van der Waals surface area contributed by atoms with Gasteiger partial charge in [-0.05, 0) is 61.3 Å². The van der Waals surface area contributed by atoms with Gasteiger partial charge in [0.25, 0.3) is 0 Å². The molecule has 1 fully saturated rings. The van der Waals surface area contributed by atoms with Gasteiger partial charge >= 0.3 is 0 Å². The summed E-state index contributed by atoms with van der Waals surface area (Å²) in [5.41, 5.74) is 3.02. The van der Waals surface area contributed by atoms with Crippen LogP contribution in [0.15, 0.2) is 22.7 Å². The third kappa shape index (κ3) is 3.74. The molecule has 0 radical (unpaired) electrons. The summed E-state index contributed by atoms with van der Waals surface area (Å²) < 4.78 is 1.16. The van der Waals surface area contributed by atoms with Crippen molar-refractivity contribution in [1.29, 1.82) is 0 Å². The fourth-order valence-electron chi connectivity index (χ4n) is 3.51. The van der Waals surface area contributed by atoms with Gasteiger partial charge in [-0.15, -0.1) is 0 Å². The molecule has 2 unspecified atom stereocenters. The molecule has 18 heavy (non-hydrogen) atoms. The zero-order valence-electron chi connectivity index (χ0n) is 11.9. The number of benzene rings is 1. The Morgan fingerprint density at radius 3 is 2.56 bits per heavy atom. The minimum atomic E-state index is 0.469. The summed E-state index contributed by atoms with van der Waals surface area (Å²) in [6, 6.07) is 7.17. The van der Waals surface area contributed by atoms with E-state index in [9.17, 15) is 0 Å². The lowest BCUT2D eigenvalue weighted by Gasteiger charge is -2.39. The van der Waals surface area contributed by atoms with Gasteiger partial charge in [0, 0.05) is 16.2 Å². The van der Waals surface area contributed by atoms with Crippen molar-refractivity contribution in [2.24, 2.45) is 11.3 Å². The van der Waals surface area contributed by atoms with Crippen LogP contribution in [-0.4, -0.2) is 6.04 Å². The van der Waals surface area contributed by atoms with Crippen molar-refractivity contribution in [2.75, 3.05) is 5.32 Å². The second kappa shape index (κ2) is 5.24. The zero-order valence-corrected chi connectivity index (χ0v) is 13.5. The van der Waals surface area contributed by atoms with Crippen molar-refractivity contribution in [3.63, 3.8) is 0 Å². The van der Waals surface area contributed by atoms with Crippen LogP contribution in [-0.2, 0) is 0 Å². The predicted molar refractivity (Wildman–Crippen MR) is 83.1 cm³/mol. The SMILES string of the molecule is Cc1cc(Br)cc(NC2CC(C)CC(C)(C)C2)c1. The quantitative estimate of drug-likeness (QED) is 0.773. The average Bonchev–Trinajstić information content (AvgIpc) is 2.10. The van der Waals surface area contributed by atoms with E-state index in [1.807, 2.05) is 0 Å². The summed E-state index contributed by atoms with van der Waals surface area (Å²) >= 11 is 3.57. The third-order valence-corrected chi connectivity index (χ3v) is 4.26. The maximum atomic E-state index is 3.72. The lowest BCUT2D eigenvalue weighted by atomic mass is 9.70. The summed E-state index contributed by atoms with van der Waals surface area (Å²) in [5, 5.41) is 3.72. The Hall–Kier alpha value is -0.500. The fourth-order valence-corrected chi connectivity index (χ4v) is 4.12. The first-order chi connectivity index (χ1) is 8.34. The monoisotopic (exact) mass is 309 g/mol. The molecule has 0 bridgehead atoms. The minimum absolute atomic E-state index is 0.469. The number of hydrogen-bond donors (Lipinski definition) is 1. The van der Waals surface area contributed by atoms with Crippen molar-refractivity contribution in [3.05, 3.63) is 28.2 Å². The minimum Gasteiger partial charge on any atom is -0.382 e. The molecule has 2 rings (SSSR count). The Balaban J connectivity index is 2.08. The van der Waals surface area contributed by atoms with Crippen molar-refractivity contribution >= 4 is 21.6 Å². The second-order valence-electron chi connectivity index (χ2n) is 6.77. The molecule has 0 aliphatic heterocycles. The van der Waals surface area contributed by atoms with Crippen LogP contribution in [0.4, 0.5) is 5.69 Å². The van der Waals surface area contributed by atoms with E-state index in [0.717, 1.165) is 10.4 Å². The number of anilines is 1. The van der Waals surface area contributed by atoms with Gasteiger partial charge in [-0.3, -0.25) is 0 Å².